The fraction of sp³-hybridized carbons (Fsp3) is 0.364. The van der Waals surface area contributed by atoms with Crippen LogP contribution in [0.4, 0.5) is 5.69 Å². The Bertz CT molecular complexity index is 285. The molecular weight excluding hydrogens is 178 g/mol. The molecule has 1 rings (SSSR count). The van der Waals surface area contributed by atoms with Gasteiger partial charge in [0.05, 0.1) is 5.69 Å². The average molecular weight is 193 g/mol. The minimum absolute atomic E-state index is 0.0379. The van der Waals surface area contributed by atoms with E-state index < -0.39 is 0 Å². The molecule has 76 valence electrons. The Kier molecular flexibility index (Phi) is 4.13. The van der Waals surface area contributed by atoms with Crippen LogP contribution in [-0.2, 0) is 9.63 Å². The first-order chi connectivity index (χ1) is 6.74. The molecule has 0 aromatic heterocycles. The largest absolute Gasteiger partial charge is 0.297 e. The third-order valence-electron chi connectivity index (χ3n) is 1.92. The number of para-hydroxylation sites is 1. The number of benzene rings is 1. The van der Waals surface area contributed by atoms with E-state index in [1.165, 1.54) is 6.92 Å². The van der Waals surface area contributed by atoms with Crippen molar-refractivity contribution < 1.29 is 9.63 Å². The fourth-order valence-electron chi connectivity index (χ4n) is 1.10. The summed E-state index contributed by atoms with van der Waals surface area (Å²) in [7, 11) is 0. The van der Waals surface area contributed by atoms with Crippen LogP contribution in [0, 0.1) is 0 Å². The molecule has 1 aromatic carbocycles. The van der Waals surface area contributed by atoms with Gasteiger partial charge in [0.2, 0.25) is 0 Å². The van der Waals surface area contributed by atoms with Crippen molar-refractivity contribution in [3.8, 4) is 0 Å². The van der Waals surface area contributed by atoms with Crippen molar-refractivity contribution in [2.75, 3.05) is 5.48 Å². The van der Waals surface area contributed by atoms with Crippen molar-refractivity contribution in [2.24, 2.45) is 0 Å². The van der Waals surface area contributed by atoms with Crippen molar-refractivity contribution in [3.63, 3.8) is 0 Å². The summed E-state index contributed by atoms with van der Waals surface area (Å²) in [6, 6.07) is 9.49. The van der Waals surface area contributed by atoms with Crippen molar-refractivity contribution in [1.82, 2.24) is 0 Å². The standard InChI is InChI=1S/C11H15NO2/c1-3-11(9(2)13)14-12-10-7-5-4-6-8-10/h4-8,11-12H,3H2,1-2H3. The highest BCUT2D eigenvalue weighted by molar-refractivity contribution is 5.80. The molecule has 0 fully saturated rings. The van der Waals surface area contributed by atoms with E-state index in [-0.39, 0.29) is 11.9 Å². The lowest BCUT2D eigenvalue weighted by molar-refractivity contribution is -0.126. The molecule has 0 amide bonds. The van der Waals surface area contributed by atoms with Crippen molar-refractivity contribution >= 4 is 11.5 Å². The molecular formula is C11H15NO2. The highest BCUT2D eigenvalue weighted by atomic mass is 16.7. The quantitative estimate of drug-likeness (QED) is 0.730. The van der Waals surface area contributed by atoms with E-state index >= 15 is 0 Å². The Hall–Kier alpha value is -1.35. The van der Waals surface area contributed by atoms with Gasteiger partial charge in [-0.1, -0.05) is 25.1 Å². The van der Waals surface area contributed by atoms with Crippen molar-refractivity contribution in [3.05, 3.63) is 30.3 Å². The molecule has 1 atom stereocenters. The maximum Gasteiger partial charge on any atom is 0.161 e. The molecule has 0 spiro atoms. The number of hydrogen-bond donors (Lipinski definition) is 1. The van der Waals surface area contributed by atoms with E-state index in [1.54, 1.807) is 0 Å². The maximum atomic E-state index is 11.0. The molecule has 1 aromatic rings. The second-order valence-corrected chi connectivity index (χ2v) is 3.09. The van der Waals surface area contributed by atoms with E-state index in [9.17, 15) is 4.79 Å². The van der Waals surface area contributed by atoms with E-state index in [1.807, 2.05) is 37.3 Å². The van der Waals surface area contributed by atoms with Gasteiger partial charge in [-0.15, -0.1) is 0 Å². The van der Waals surface area contributed by atoms with Crippen LogP contribution in [0.15, 0.2) is 30.3 Å². The van der Waals surface area contributed by atoms with Gasteiger partial charge in [0.1, 0.15) is 6.10 Å². The zero-order valence-corrected chi connectivity index (χ0v) is 8.49. The maximum absolute atomic E-state index is 11.0. The van der Waals surface area contributed by atoms with Crippen LogP contribution in [0.3, 0.4) is 0 Å². The number of rotatable bonds is 5. The van der Waals surface area contributed by atoms with E-state index in [0.29, 0.717) is 6.42 Å². The van der Waals surface area contributed by atoms with E-state index in [0.717, 1.165) is 5.69 Å². The summed E-state index contributed by atoms with van der Waals surface area (Å²) in [4.78, 5) is 16.3. The minimum atomic E-state index is -0.366. The van der Waals surface area contributed by atoms with Crippen molar-refractivity contribution in [1.29, 1.82) is 0 Å². The van der Waals surface area contributed by atoms with Crippen LogP contribution in [0.5, 0.6) is 0 Å². The number of ketones is 1. The number of carbonyl (C=O) groups excluding carboxylic acids is 1. The van der Waals surface area contributed by atoms with Gasteiger partial charge >= 0.3 is 0 Å². The number of hydrogen-bond acceptors (Lipinski definition) is 3. The van der Waals surface area contributed by atoms with Gasteiger partial charge in [-0.2, -0.15) is 0 Å². The van der Waals surface area contributed by atoms with Gasteiger partial charge < -0.3 is 0 Å². The van der Waals surface area contributed by atoms with Crippen LogP contribution >= 0.6 is 0 Å². The second-order valence-electron chi connectivity index (χ2n) is 3.09. The molecule has 14 heavy (non-hydrogen) atoms. The number of nitrogens with one attached hydrogen (secondary N) is 1. The Balaban J connectivity index is 2.44. The Morgan fingerprint density at radius 1 is 1.43 bits per heavy atom. The van der Waals surface area contributed by atoms with Crippen LogP contribution in [-0.4, -0.2) is 11.9 Å². The number of Topliss-reactive ketones (excluding diaryl/α,β-unsaturated/α-hetero) is 1. The summed E-state index contributed by atoms with van der Waals surface area (Å²) in [5.74, 6) is 0.0379. The smallest absolute Gasteiger partial charge is 0.161 e. The molecule has 1 N–H and O–H groups in total. The van der Waals surface area contributed by atoms with Gasteiger partial charge in [0.15, 0.2) is 5.78 Å². The van der Waals surface area contributed by atoms with Gasteiger partial charge in [-0.25, -0.2) is 0 Å². The third kappa shape index (κ3) is 3.18. The number of carbonyl (C=O) groups is 1. The molecule has 0 aliphatic rings. The summed E-state index contributed by atoms with van der Waals surface area (Å²) in [5.41, 5.74) is 3.61. The van der Waals surface area contributed by atoms with Crippen LogP contribution < -0.4 is 5.48 Å². The monoisotopic (exact) mass is 193 g/mol. The normalized spacial score (nSPS) is 12.1. The topological polar surface area (TPSA) is 38.3 Å². The fourth-order valence-corrected chi connectivity index (χ4v) is 1.10. The molecule has 3 heteroatoms. The predicted molar refractivity (Wildman–Crippen MR) is 55.9 cm³/mol. The molecule has 0 heterocycles. The van der Waals surface area contributed by atoms with Gasteiger partial charge in [-0.3, -0.25) is 15.1 Å². The first-order valence-corrected chi connectivity index (χ1v) is 4.71. The summed E-state index contributed by atoms with van der Waals surface area (Å²) >= 11 is 0. The Morgan fingerprint density at radius 2 is 2.07 bits per heavy atom. The summed E-state index contributed by atoms with van der Waals surface area (Å²) in [5, 5.41) is 0. The van der Waals surface area contributed by atoms with Crippen LogP contribution in [0.25, 0.3) is 0 Å². The SMILES string of the molecule is CCC(ONc1ccccc1)C(C)=O. The lowest BCUT2D eigenvalue weighted by Gasteiger charge is -2.13. The first kappa shape index (κ1) is 10.7. The molecule has 0 saturated carbocycles. The highest BCUT2D eigenvalue weighted by Gasteiger charge is 2.11. The average Bonchev–Trinajstić information content (AvgIpc) is 2.20. The molecule has 0 aliphatic heterocycles. The lowest BCUT2D eigenvalue weighted by Crippen LogP contribution is -2.23. The molecule has 3 nitrogen and oxygen atoms in total. The molecule has 0 saturated heterocycles. The lowest BCUT2D eigenvalue weighted by atomic mass is 10.2. The van der Waals surface area contributed by atoms with Gasteiger partial charge in [-0.05, 0) is 25.5 Å². The summed E-state index contributed by atoms with van der Waals surface area (Å²) in [6.45, 7) is 3.44. The molecule has 1 unspecified atom stereocenters. The first-order valence-electron chi connectivity index (χ1n) is 4.71. The molecule has 0 bridgehead atoms. The predicted octanol–water partition coefficient (Wildman–Crippen LogP) is 2.40. The zero-order valence-electron chi connectivity index (χ0n) is 8.49. The third-order valence-corrected chi connectivity index (χ3v) is 1.92. The van der Waals surface area contributed by atoms with Crippen molar-refractivity contribution in [2.45, 2.75) is 26.4 Å². The summed E-state index contributed by atoms with van der Waals surface area (Å²) in [6.07, 6.45) is 0.310. The van der Waals surface area contributed by atoms with E-state index in [2.05, 4.69) is 5.48 Å². The van der Waals surface area contributed by atoms with Crippen LogP contribution in [0.2, 0.25) is 0 Å². The Labute approximate surface area is 84.0 Å². The highest BCUT2D eigenvalue weighted by Crippen LogP contribution is 2.07. The second kappa shape index (κ2) is 5.40. The Morgan fingerprint density at radius 3 is 2.57 bits per heavy atom. The van der Waals surface area contributed by atoms with Crippen LogP contribution in [0.1, 0.15) is 20.3 Å². The summed E-state index contributed by atoms with van der Waals surface area (Å²) < 4.78 is 0. The number of anilines is 1. The van der Waals surface area contributed by atoms with Gasteiger partial charge in [0, 0.05) is 0 Å². The van der Waals surface area contributed by atoms with Gasteiger partial charge in [0.25, 0.3) is 0 Å². The zero-order chi connectivity index (χ0) is 10.4. The molecule has 0 aliphatic carbocycles. The molecule has 0 radical (unpaired) electrons. The minimum Gasteiger partial charge on any atom is -0.297 e. The van der Waals surface area contributed by atoms with E-state index in [4.69, 9.17) is 4.84 Å².